The van der Waals surface area contributed by atoms with Crippen LogP contribution in [0.15, 0.2) is 24.3 Å². The van der Waals surface area contributed by atoms with Gasteiger partial charge in [0.05, 0.1) is 17.8 Å². The van der Waals surface area contributed by atoms with Gasteiger partial charge in [-0.25, -0.2) is 4.68 Å². The molecule has 0 spiro atoms. The molecule has 1 atom stereocenters. The maximum Gasteiger partial charge on any atom is 0.278 e. The number of piperidine rings is 1. The molecule has 0 aliphatic carbocycles. The number of rotatable bonds is 6. The number of carbonyl (C=O) groups is 1. The normalized spacial score (nSPS) is 19.6. The van der Waals surface area contributed by atoms with E-state index >= 15 is 0 Å². The zero-order chi connectivity index (χ0) is 19.3. The number of carbonyl (C=O) groups excluding carboxylic acids is 1. The zero-order valence-electron chi connectivity index (χ0n) is 16.6. The highest BCUT2D eigenvalue weighted by molar-refractivity contribution is 6.03. The number of hydrogen-bond acceptors (Lipinski definition) is 6. The van der Waals surface area contributed by atoms with Crippen LogP contribution >= 0.6 is 12.4 Å². The van der Waals surface area contributed by atoms with Crippen LogP contribution < -0.4 is 15.4 Å². The Morgan fingerprint density at radius 3 is 2.93 bits per heavy atom. The van der Waals surface area contributed by atoms with Crippen LogP contribution in [0.25, 0.3) is 0 Å². The molecule has 4 rings (SSSR count). The van der Waals surface area contributed by atoms with Crippen molar-refractivity contribution in [1.82, 2.24) is 20.3 Å². The standard InChI is InChI=1S/C20H27N5O3.ClH/c1-14-19(23-24-25(14)16-7-9-21-10-8-16)20(26)22-15-4-2-5-17(12-15)28-13-18-6-3-11-27-18;/h2,4-5,12,16,18,21H,3,6-11,13H2,1H3,(H,22,26);1H. The Bertz CT molecular complexity index is 816. The minimum atomic E-state index is -0.256. The van der Waals surface area contributed by atoms with Crippen LogP contribution in [0, 0.1) is 6.92 Å². The van der Waals surface area contributed by atoms with Crippen molar-refractivity contribution in [2.45, 2.75) is 44.8 Å². The van der Waals surface area contributed by atoms with Crippen molar-refractivity contribution in [3.63, 3.8) is 0 Å². The second-order valence-corrected chi connectivity index (χ2v) is 7.38. The maximum absolute atomic E-state index is 12.7. The minimum Gasteiger partial charge on any atom is -0.491 e. The van der Waals surface area contributed by atoms with Crippen LogP contribution in [0.2, 0.25) is 0 Å². The number of benzene rings is 1. The van der Waals surface area contributed by atoms with Crippen molar-refractivity contribution in [3.8, 4) is 5.75 Å². The van der Waals surface area contributed by atoms with Crippen LogP contribution in [0.4, 0.5) is 5.69 Å². The lowest BCUT2D eigenvalue weighted by molar-refractivity contribution is 0.0680. The third-order valence-electron chi connectivity index (χ3n) is 5.35. The third-order valence-corrected chi connectivity index (χ3v) is 5.35. The van der Waals surface area contributed by atoms with E-state index in [4.69, 9.17) is 9.47 Å². The van der Waals surface area contributed by atoms with Crippen molar-refractivity contribution < 1.29 is 14.3 Å². The van der Waals surface area contributed by atoms with E-state index in [0.717, 1.165) is 51.1 Å². The first-order valence-corrected chi connectivity index (χ1v) is 9.99. The topological polar surface area (TPSA) is 90.3 Å². The molecule has 8 nitrogen and oxygen atoms in total. The summed E-state index contributed by atoms with van der Waals surface area (Å²) in [6.07, 6.45) is 4.26. The Morgan fingerprint density at radius 1 is 1.34 bits per heavy atom. The van der Waals surface area contributed by atoms with Gasteiger partial charge in [-0.2, -0.15) is 0 Å². The molecule has 1 aromatic heterocycles. The van der Waals surface area contributed by atoms with Gasteiger partial charge < -0.3 is 20.1 Å². The molecule has 1 amide bonds. The van der Waals surface area contributed by atoms with Crippen molar-refractivity contribution >= 4 is 24.0 Å². The van der Waals surface area contributed by atoms with Crippen molar-refractivity contribution in [1.29, 1.82) is 0 Å². The zero-order valence-corrected chi connectivity index (χ0v) is 17.4. The molecule has 1 aromatic carbocycles. The molecule has 2 aliphatic rings. The number of ether oxygens (including phenoxy) is 2. The van der Waals surface area contributed by atoms with E-state index in [1.807, 2.05) is 35.9 Å². The lowest BCUT2D eigenvalue weighted by atomic mass is 10.1. The molecule has 0 bridgehead atoms. The highest BCUT2D eigenvalue weighted by atomic mass is 35.5. The van der Waals surface area contributed by atoms with Crippen molar-refractivity contribution in [3.05, 3.63) is 35.7 Å². The molecule has 9 heteroatoms. The number of nitrogens with zero attached hydrogens (tertiary/aromatic N) is 3. The van der Waals surface area contributed by atoms with E-state index in [1.54, 1.807) is 0 Å². The molecule has 29 heavy (non-hydrogen) atoms. The van der Waals surface area contributed by atoms with Gasteiger partial charge >= 0.3 is 0 Å². The molecule has 0 saturated carbocycles. The van der Waals surface area contributed by atoms with E-state index in [9.17, 15) is 4.79 Å². The summed E-state index contributed by atoms with van der Waals surface area (Å²) in [5.41, 5.74) is 1.84. The quantitative estimate of drug-likeness (QED) is 0.745. The predicted octanol–water partition coefficient (Wildman–Crippen LogP) is 2.74. The van der Waals surface area contributed by atoms with Crippen LogP contribution in [0.5, 0.6) is 5.75 Å². The highest BCUT2D eigenvalue weighted by Crippen LogP contribution is 2.22. The Hall–Kier alpha value is -2.16. The first-order valence-electron chi connectivity index (χ1n) is 9.99. The summed E-state index contributed by atoms with van der Waals surface area (Å²) >= 11 is 0. The van der Waals surface area contributed by atoms with E-state index in [2.05, 4.69) is 20.9 Å². The van der Waals surface area contributed by atoms with Crippen molar-refractivity contribution in [2.75, 3.05) is 31.6 Å². The van der Waals surface area contributed by atoms with Crippen LogP contribution in [0.3, 0.4) is 0 Å². The molecule has 2 aromatic rings. The average Bonchev–Trinajstić information content (AvgIpc) is 3.37. The molecular weight excluding hydrogens is 394 g/mol. The van der Waals surface area contributed by atoms with Crippen LogP contribution in [-0.4, -0.2) is 53.3 Å². The van der Waals surface area contributed by atoms with Gasteiger partial charge in [0.2, 0.25) is 0 Å². The molecule has 158 valence electrons. The number of nitrogens with one attached hydrogen (secondary N) is 2. The summed E-state index contributed by atoms with van der Waals surface area (Å²) in [7, 11) is 0. The monoisotopic (exact) mass is 421 g/mol. The molecular formula is C20H28ClN5O3. The highest BCUT2D eigenvalue weighted by Gasteiger charge is 2.23. The summed E-state index contributed by atoms with van der Waals surface area (Å²) in [5.74, 6) is 0.456. The fraction of sp³-hybridized carbons (Fsp3) is 0.550. The van der Waals surface area contributed by atoms with Gasteiger partial charge in [0.15, 0.2) is 5.69 Å². The SMILES string of the molecule is Cc1c(C(=O)Nc2cccc(OCC3CCCO3)c2)nnn1C1CCNCC1.Cl. The smallest absolute Gasteiger partial charge is 0.278 e. The second-order valence-electron chi connectivity index (χ2n) is 7.38. The summed E-state index contributed by atoms with van der Waals surface area (Å²) in [5, 5.41) is 14.6. The fourth-order valence-electron chi connectivity index (χ4n) is 3.77. The molecule has 1 unspecified atom stereocenters. The first kappa shape index (κ1) is 21.5. The van der Waals surface area contributed by atoms with E-state index in [1.165, 1.54) is 0 Å². The lowest BCUT2D eigenvalue weighted by Gasteiger charge is -2.23. The lowest BCUT2D eigenvalue weighted by Crippen LogP contribution is -2.30. The van der Waals surface area contributed by atoms with Crippen molar-refractivity contribution in [2.24, 2.45) is 0 Å². The molecule has 2 fully saturated rings. The van der Waals surface area contributed by atoms with Gasteiger partial charge in [-0.05, 0) is 57.8 Å². The fourth-order valence-corrected chi connectivity index (χ4v) is 3.77. The maximum atomic E-state index is 12.7. The second kappa shape index (κ2) is 10.0. The van der Waals surface area contributed by atoms with E-state index < -0.39 is 0 Å². The number of hydrogen-bond donors (Lipinski definition) is 2. The number of amides is 1. The van der Waals surface area contributed by atoms with Gasteiger partial charge in [0.25, 0.3) is 5.91 Å². The van der Waals surface area contributed by atoms with E-state index in [-0.39, 0.29) is 24.4 Å². The van der Waals surface area contributed by atoms with Crippen LogP contribution in [0.1, 0.15) is 47.9 Å². The van der Waals surface area contributed by atoms with E-state index in [0.29, 0.717) is 29.8 Å². The minimum absolute atomic E-state index is 0. The summed E-state index contributed by atoms with van der Waals surface area (Å²) < 4.78 is 13.3. The van der Waals surface area contributed by atoms with Gasteiger partial charge in [-0.3, -0.25) is 4.79 Å². The summed E-state index contributed by atoms with van der Waals surface area (Å²) in [4.78, 5) is 12.7. The molecule has 2 aliphatic heterocycles. The van der Waals surface area contributed by atoms with Gasteiger partial charge in [0, 0.05) is 18.4 Å². The molecule has 2 saturated heterocycles. The molecule has 0 radical (unpaired) electrons. The Labute approximate surface area is 176 Å². The van der Waals surface area contributed by atoms with Crippen LogP contribution in [-0.2, 0) is 4.74 Å². The molecule has 3 heterocycles. The molecule has 2 N–H and O–H groups in total. The Kier molecular flexibility index (Phi) is 7.46. The Morgan fingerprint density at radius 2 is 2.17 bits per heavy atom. The first-order chi connectivity index (χ1) is 13.7. The third kappa shape index (κ3) is 5.26. The number of aromatic nitrogens is 3. The number of anilines is 1. The number of halogens is 1. The van der Waals surface area contributed by atoms with Gasteiger partial charge in [-0.15, -0.1) is 17.5 Å². The Balaban J connectivity index is 0.00000240. The average molecular weight is 422 g/mol. The van der Waals surface area contributed by atoms with Gasteiger partial charge in [-0.1, -0.05) is 11.3 Å². The van der Waals surface area contributed by atoms with Gasteiger partial charge in [0.1, 0.15) is 12.4 Å². The summed E-state index contributed by atoms with van der Waals surface area (Å²) in [6.45, 7) is 5.16. The largest absolute Gasteiger partial charge is 0.491 e. The summed E-state index contributed by atoms with van der Waals surface area (Å²) in [6, 6.07) is 7.69. The predicted molar refractivity (Wildman–Crippen MR) is 112 cm³/mol.